The van der Waals surface area contributed by atoms with Crippen LogP contribution in [0.4, 0.5) is 0 Å². The molecule has 3 aromatic rings. The molecule has 1 unspecified atom stereocenters. The minimum Gasteiger partial charge on any atom is -0.497 e. The zero-order valence-corrected chi connectivity index (χ0v) is 17.2. The highest BCUT2D eigenvalue weighted by atomic mass is 16.5. The van der Waals surface area contributed by atoms with Crippen molar-refractivity contribution in [2.24, 2.45) is 5.92 Å². The maximum absolute atomic E-state index is 12.6. The molecule has 0 aliphatic carbocycles. The van der Waals surface area contributed by atoms with Gasteiger partial charge in [0.2, 0.25) is 5.91 Å². The van der Waals surface area contributed by atoms with Crippen molar-refractivity contribution in [3.05, 3.63) is 60.2 Å². The highest BCUT2D eigenvalue weighted by Gasteiger charge is 2.26. The molecule has 0 spiro atoms. The summed E-state index contributed by atoms with van der Waals surface area (Å²) < 4.78 is 10.5. The number of aryl methyl sites for hydroxylation is 2. The molecule has 7 nitrogen and oxygen atoms in total. The third-order valence-corrected chi connectivity index (χ3v) is 5.58. The highest BCUT2D eigenvalue weighted by molar-refractivity contribution is 5.76. The van der Waals surface area contributed by atoms with E-state index in [0.717, 1.165) is 55.6 Å². The molecule has 4 rings (SSSR count). The van der Waals surface area contributed by atoms with Crippen molar-refractivity contribution in [1.29, 1.82) is 0 Å². The largest absolute Gasteiger partial charge is 0.497 e. The Balaban J connectivity index is 1.21. The molecule has 3 heterocycles. The van der Waals surface area contributed by atoms with Gasteiger partial charge in [0.05, 0.1) is 12.7 Å². The Morgan fingerprint density at radius 2 is 2.10 bits per heavy atom. The van der Waals surface area contributed by atoms with Gasteiger partial charge in [-0.2, -0.15) is 4.98 Å². The summed E-state index contributed by atoms with van der Waals surface area (Å²) in [5, 5.41) is 4.08. The second kappa shape index (κ2) is 9.52. The lowest BCUT2D eigenvalue weighted by atomic mass is 10.0. The van der Waals surface area contributed by atoms with E-state index >= 15 is 0 Å². The highest BCUT2D eigenvalue weighted by Crippen LogP contribution is 2.23. The predicted octanol–water partition coefficient (Wildman–Crippen LogP) is 3.55. The lowest BCUT2D eigenvalue weighted by Gasteiger charge is -2.16. The van der Waals surface area contributed by atoms with E-state index in [9.17, 15) is 4.79 Å². The van der Waals surface area contributed by atoms with Crippen LogP contribution in [0.2, 0.25) is 0 Å². The summed E-state index contributed by atoms with van der Waals surface area (Å²) in [4.78, 5) is 23.1. The zero-order valence-electron chi connectivity index (χ0n) is 17.2. The third-order valence-electron chi connectivity index (χ3n) is 5.58. The number of carbonyl (C=O) groups is 1. The first-order valence-electron chi connectivity index (χ1n) is 10.3. The van der Waals surface area contributed by atoms with E-state index in [-0.39, 0.29) is 5.91 Å². The lowest BCUT2D eigenvalue weighted by Crippen LogP contribution is -2.28. The maximum Gasteiger partial charge on any atom is 0.259 e. The van der Waals surface area contributed by atoms with Crippen LogP contribution in [0.25, 0.3) is 11.5 Å². The van der Waals surface area contributed by atoms with Gasteiger partial charge in [-0.3, -0.25) is 9.78 Å². The Bertz CT molecular complexity index is 956. The van der Waals surface area contributed by atoms with E-state index in [2.05, 4.69) is 15.1 Å². The molecule has 1 amide bonds. The standard InChI is InChI=1S/C23H26N4O3/c1-29-20-8-4-17(5-9-20)7-11-22(28)27-14-12-18(16-27)6-10-21-25-23(30-26-21)19-3-2-13-24-15-19/h2-5,8-9,13,15,18H,6-7,10-12,14,16H2,1H3. The molecule has 1 saturated heterocycles. The van der Waals surface area contributed by atoms with Gasteiger partial charge in [-0.1, -0.05) is 17.3 Å². The molecular weight excluding hydrogens is 380 g/mol. The van der Waals surface area contributed by atoms with Crippen molar-refractivity contribution >= 4 is 5.91 Å². The fourth-order valence-corrected chi connectivity index (χ4v) is 3.79. The Hall–Kier alpha value is -3.22. The molecular formula is C23H26N4O3. The topological polar surface area (TPSA) is 81.4 Å². The lowest BCUT2D eigenvalue weighted by molar-refractivity contribution is -0.130. The molecule has 1 aliphatic heterocycles. The van der Waals surface area contributed by atoms with Crippen LogP contribution < -0.4 is 4.74 Å². The third kappa shape index (κ3) is 5.03. The van der Waals surface area contributed by atoms with Crippen LogP contribution in [-0.4, -0.2) is 46.1 Å². The number of benzene rings is 1. The second-order valence-electron chi connectivity index (χ2n) is 7.64. The van der Waals surface area contributed by atoms with Gasteiger partial charge < -0.3 is 14.2 Å². The van der Waals surface area contributed by atoms with Crippen LogP contribution in [-0.2, 0) is 17.6 Å². The van der Waals surface area contributed by atoms with Crippen molar-refractivity contribution in [1.82, 2.24) is 20.0 Å². The summed E-state index contributed by atoms with van der Waals surface area (Å²) in [5.41, 5.74) is 1.98. The van der Waals surface area contributed by atoms with Crippen molar-refractivity contribution in [2.75, 3.05) is 20.2 Å². The SMILES string of the molecule is COc1ccc(CCC(=O)N2CCC(CCc3noc(-c4cccnc4)n3)C2)cc1. The average molecular weight is 406 g/mol. The number of nitrogens with zero attached hydrogens (tertiary/aromatic N) is 4. The average Bonchev–Trinajstić information content (AvgIpc) is 3.47. The maximum atomic E-state index is 12.6. The van der Waals surface area contributed by atoms with Gasteiger partial charge in [-0.15, -0.1) is 0 Å². The van der Waals surface area contributed by atoms with E-state index < -0.39 is 0 Å². The Labute approximate surface area is 176 Å². The number of ether oxygens (including phenoxy) is 1. The Morgan fingerprint density at radius 3 is 2.87 bits per heavy atom. The van der Waals surface area contributed by atoms with Crippen molar-refractivity contribution < 1.29 is 14.1 Å². The molecule has 30 heavy (non-hydrogen) atoms. The molecule has 7 heteroatoms. The molecule has 1 aromatic carbocycles. The Morgan fingerprint density at radius 1 is 1.23 bits per heavy atom. The normalized spacial score (nSPS) is 16.0. The van der Waals surface area contributed by atoms with E-state index in [4.69, 9.17) is 9.26 Å². The first-order chi connectivity index (χ1) is 14.7. The van der Waals surface area contributed by atoms with Crippen molar-refractivity contribution in [3.8, 4) is 17.2 Å². The van der Waals surface area contributed by atoms with Crippen LogP contribution in [0, 0.1) is 5.92 Å². The summed E-state index contributed by atoms with van der Waals surface area (Å²) in [5.74, 6) is 2.75. The quantitative estimate of drug-likeness (QED) is 0.569. The second-order valence-corrected chi connectivity index (χ2v) is 7.64. The predicted molar refractivity (Wildman–Crippen MR) is 112 cm³/mol. The summed E-state index contributed by atoms with van der Waals surface area (Å²) in [6.07, 6.45) is 7.45. The smallest absolute Gasteiger partial charge is 0.259 e. The molecule has 156 valence electrons. The molecule has 2 aromatic heterocycles. The first kappa shape index (κ1) is 20.1. The van der Waals surface area contributed by atoms with Gasteiger partial charge in [-0.05, 0) is 55.0 Å². The number of pyridine rings is 1. The minimum atomic E-state index is 0.228. The molecule has 0 N–H and O–H groups in total. The molecule has 1 fully saturated rings. The van der Waals surface area contributed by atoms with Gasteiger partial charge in [-0.25, -0.2) is 0 Å². The monoisotopic (exact) mass is 406 g/mol. The molecule has 0 radical (unpaired) electrons. The fourth-order valence-electron chi connectivity index (χ4n) is 3.79. The van der Waals surface area contributed by atoms with E-state index in [1.54, 1.807) is 19.5 Å². The zero-order chi connectivity index (χ0) is 20.8. The van der Waals surface area contributed by atoms with Crippen LogP contribution in [0.15, 0.2) is 53.3 Å². The van der Waals surface area contributed by atoms with Crippen LogP contribution in [0.5, 0.6) is 5.75 Å². The summed E-state index contributed by atoms with van der Waals surface area (Å²) in [6, 6.07) is 11.6. The number of rotatable bonds is 8. The number of methoxy groups -OCH3 is 1. The van der Waals surface area contributed by atoms with Gasteiger partial charge in [0.25, 0.3) is 5.89 Å². The van der Waals surface area contributed by atoms with Crippen LogP contribution in [0.1, 0.15) is 30.7 Å². The molecule has 0 saturated carbocycles. The number of amides is 1. The number of aromatic nitrogens is 3. The number of hydrogen-bond acceptors (Lipinski definition) is 6. The summed E-state index contributed by atoms with van der Waals surface area (Å²) in [6.45, 7) is 1.65. The van der Waals surface area contributed by atoms with Gasteiger partial charge >= 0.3 is 0 Å². The van der Waals surface area contributed by atoms with Crippen LogP contribution >= 0.6 is 0 Å². The Kier molecular flexibility index (Phi) is 6.37. The number of hydrogen-bond donors (Lipinski definition) is 0. The van der Waals surface area contributed by atoms with Gasteiger partial charge in [0, 0.05) is 38.3 Å². The van der Waals surface area contributed by atoms with E-state index in [1.807, 2.05) is 41.3 Å². The first-order valence-corrected chi connectivity index (χ1v) is 10.3. The number of carbonyl (C=O) groups excluding carboxylic acids is 1. The van der Waals surface area contributed by atoms with Crippen molar-refractivity contribution in [2.45, 2.75) is 32.1 Å². The molecule has 1 atom stereocenters. The van der Waals surface area contributed by atoms with E-state index in [1.165, 1.54) is 0 Å². The summed E-state index contributed by atoms with van der Waals surface area (Å²) >= 11 is 0. The van der Waals surface area contributed by atoms with E-state index in [0.29, 0.717) is 24.1 Å². The molecule has 0 bridgehead atoms. The molecule has 1 aliphatic rings. The van der Waals surface area contributed by atoms with Crippen molar-refractivity contribution in [3.63, 3.8) is 0 Å². The van der Waals surface area contributed by atoms with Gasteiger partial charge in [0.15, 0.2) is 5.82 Å². The minimum absolute atomic E-state index is 0.228. The summed E-state index contributed by atoms with van der Waals surface area (Å²) in [7, 11) is 1.65. The van der Waals surface area contributed by atoms with Crippen LogP contribution in [0.3, 0.4) is 0 Å². The number of likely N-dealkylation sites (tertiary alicyclic amines) is 1. The fraction of sp³-hybridized carbons (Fsp3) is 0.391. The van der Waals surface area contributed by atoms with Gasteiger partial charge in [0.1, 0.15) is 5.75 Å².